The number of hydrogen-bond donors (Lipinski definition) is 0. The first-order valence-corrected chi connectivity index (χ1v) is 9.71. The summed E-state index contributed by atoms with van der Waals surface area (Å²) >= 11 is 0. The van der Waals surface area contributed by atoms with Crippen molar-refractivity contribution in [3.05, 3.63) is 87.2 Å². The van der Waals surface area contributed by atoms with E-state index in [1.54, 1.807) is 42.3 Å². The predicted octanol–water partition coefficient (Wildman–Crippen LogP) is 4.60. The molecule has 0 saturated heterocycles. The van der Waals surface area contributed by atoms with Crippen molar-refractivity contribution in [1.82, 2.24) is 9.78 Å². The van der Waals surface area contributed by atoms with Crippen molar-refractivity contribution in [3.63, 3.8) is 0 Å². The highest BCUT2D eigenvalue weighted by Crippen LogP contribution is 2.30. The van der Waals surface area contributed by atoms with Gasteiger partial charge in [0, 0.05) is 24.4 Å². The lowest BCUT2D eigenvalue weighted by Crippen LogP contribution is -2.02. The molecule has 8 heteroatoms. The van der Waals surface area contributed by atoms with Crippen molar-refractivity contribution in [2.45, 2.75) is 27.0 Å². The number of ketones is 1. The van der Waals surface area contributed by atoms with E-state index in [0.29, 0.717) is 23.4 Å². The van der Waals surface area contributed by atoms with E-state index in [2.05, 4.69) is 5.10 Å². The molecule has 2 aromatic carbocycles. The van der Waals surface area contributed by atoms with Crippen LogP contribution >= 0.6 is 0 Å². The maximum atomic E-state index is 12.3. The Bertz CT molecular complexity index is 1130. The second-order valence-electron chi connectivity index (χ2n) is 6.87. The van der Waals surface area contributed by atoms with E-state index >= 15 is 0 Å². The summed E-state index contributed by atoms with van der Waals surface area (Å²) in [6, 6.07) is 10.1. The topological polar surface area (TPSA) is 96.5 Å². The number of aryl methyl sites for hydroxylation is 2. The Morgan fingerprint density at radius 3 is 2.71 bits per heavy atom. The highest BCUT2D eigenvalue weighted by Gasteiger charge is 2.16. The molecule has 31 heavy (non-hydrogen) atoms. The SMILES string of the molecule is CCn1cc(C(=O)/C=C/c2ccc(OC)c(COc3cc(C)ccc3[N+](=O)[O-])c2)cn1. The number of carbonyl (C=O) groups is 1. The van der Waals surface area contributed by atoms with Crippen LogP contribution in [0.5, 0.6) is 11.5 Å². The van der Waals surface area contributed by atoms with Crippen molar-refractivity contribution in [2.24, 2.45) is 0 Å². The number of methoxy groups -OCH3 is 1. The van der Waals surface area contributed by atoms with Gasteiger partial charge in [0.2, 0.25) is 0 Å². The van der Waals surface area contributed by atoms with Crippen molar-refractivity contribution in [2.75, 3.05) is 7.11 Å². The van der Waals surface area contributed by atoms with Gasteiger partial charge in [-0.1, -0.05) is 18.2 Å². The monoisotopic (exact) mass is 421 g/mol. The van der Waals surface area contributed by atoms with Gasteiger partial charge in [0.05, 0.1) is 23.8 Å². The van der Waals surface area contributed by atoms with Crippen LogP contribution in [0.15, 0.2) is 54.9 Å². The summed E-state index contributed by atoms with van der Waals surface area (Å²) in [7, 11) is 1.54. The molecule has 0 N–H and O–H groups in total. The molecule has 0 aliphatic heterocycles. The molecule has 0 spiro atoms. The molecule has 160 valence electrons. The summed E-state index contributed by atoms with van der Waals surface area (Å²) in [6.07, 6.45) is 6.42. The molecule has 1 heterocycles. The molecule has 0 bridgehead atoms. The largest absolute Gasteiger partial charge is 0.496 e. The summed E-state index contributed by atoms with van der Waals surface area (Å²) in [5, 5.41) is 15.4. The molecular weight excluding hydrogens is 398 g/mol. The molecule has 0 atom stereocenters. The second-order valence-corrected chi connectivity index (χ2v) is 6.87. The number of rotatable bonds is 9. The van der Waals surface area contributed by atoms with Crippen molar-refractivity contribution in [1.29, 1.82) is 0 Å². The van der Waals surface area contributed by atoms with Gasteiger partial charge in [-0.05, 0) is 49.2 Å². The molecule has 1 aromatic heterocycles. The van der Waals surface area contributed by atoms with Gasteiger partial charge in [0.25, 0.3) is 0 Å². The van der Waals surface area contributed by atoms with E-state index in [1.807, 2.05) is 26.0 Å². The first-order chi connectivity index (χ1) is 14.9. The normalized spacial score (nSPS) is 10.9. The molecule has 0 fully saturated rings. The summed E-state index contributed by atoms with van der Waals surface area (Å²) < 4.78 is 12.8. The first kappa shape index (κ1) is 21.8. The van der Waals surface area contributed by atoms with Crippen LogP contribution in [-0.2, 0) is 13.2 Å². The Hall–Kier alpha value is -3.94. The minimum Gasteiger partial charge on any atom is -0.496 e. The standard InChI is InChI=1S/C23H23N3O5/c1-4-25-14-19(13-24-25)21(27)9-6-17-7-10-22(30-3)18(12-17)15-31-23-11-16(2)5-8-20(23)26(28)29/h5-14H,4,15H2,1-3H3/b9-6+. The number of allylic oxidation sites excluding steroid dienone is 1. The summed E-state index contributed by atoms with van der Waals surface area (Å²) in [5.41, 5.74) is 2.75. The Labute approximate surface area is 179 Å². The van der Waals surface area contributed by atoms with Crippen LogP contribution in [0.1, 0.15) is 34.0 Å². The Morgan fingerprint density at radius 1 is 1.23 bits per heavy atom. The third-order valence-corrected chi connectivity index (χ3v) is 4.67. The van der Waals surface area contributed by atoms with Gasteiger partial charge in [-0.15, -0.1) is 0 Å². The molecule has 0 radical (unpaired) electrons. The number of nitrogens with zero attached hydrogens (tertiary/aromatic N) is 3. The van der Waals surface area contributed by atoms with Crippen LogP contribution in [-0.4, -0.2) is 27.6 Å². The highest BCUT2D eigenvalue weighted by atomic mass is 16.6. The van der Waals surface area contributed by atoms with Crippen LogP contribution < -0.4 is 9.47 Å². The average molecular weight is 421 g/mol. The minimum atomic E-state index is -0.475. The number of carbonyl (C=O) groups excluding carboxylic acids is 1. The Balaban J connectivity index is 1.79. The third kappa shape index (κ3) is 5.36. The fourth-order valence-electron chi connectivity index (χ4n) is 2.99. The molecule has 0 unspecified atom stereocenters. The molecule has 3 aromatic rings. The zero-order valence-electron chi connectivity index (χ0n) is 17.6. The molecule has 0 amide bonds. The molecule has 0 aliphatic rings. The summed E-state index contributed by atoms with van der Waals surface area (Å²) in [4.78, 5) is 23.1. The zero-order chi connectivity index (χ0) is 22.4. The first-order valence-electron chi connectivity index (χ1n) is 9.71. The second kappa shape index (κ2) is 9.71. The van der Waals surface area contributed by atoms with Crippen molar-refractivity contribution in [3.8, 4) is 11.5 Å². The van der Waals surface area contributed by atoms with E-state index in [-0.39, 0.29) is 23.8 Å². The van der Waals surface area contributed by atoms with Crippen LogP contribution in [0.3, 0.4) is 0 Å². The number of aromatic nitrogens is 2. The van der Waals surface area contributed by atoms with Crippen molar-refractivity contribution < 1.29 is 19.2 Å². The Kier molecular flexibility index (Phi) is 6.81. The number of nitro groups is 1. The van der Waals surface area contributed by atoms with Gasteiger partial charge in [-0.2, -0.15) is 5.10 Å². The molecule has 0 aliphatic carbocycles. The molecule has 0 saturated carbocycles. The molecule has 8 nitrogen and oxygen atoms in total. The quantitative estimate of drug-likeness (QED) is 0.217. The zero-order valence-corrected chi connectivity index (χ0v) is 17.6. The lowest BCUT2D eigenvalue weighted by atomic mass is 10.1. The number of nitro benzene ring substituents is 1. The van der Waals surface area contributed by atoms with Gasteiger partial charge < -0.3 is 9.47 Å². The fraction of sp³-hybridized carbons (Fsp3) is 0.217. The fourth-order valence-corrected chi connectivity index (χ4v) is 2.99. The highest BCUT2D eigenvalue weighted by molar-refractivity contribution is 6.06. The Morgan fingerprint density at radius 2 is 2.03 bits per heavy atom. The minimum absolute atomic E-state index is 0.0758. The number of hydrogen-bond acceptors (Lipinski definition) is 6. The lowest BCUT2D eigenvalue weighted by Gasteiger charge is -2.12. The smallest absolute Gasteiger partial charge is 0.310 e. The maximum absolute atomic E-state index is 12.3. The van der Waals surface area contributed by atoms with Gasteiger partial charge in [0.15, 0.2) is 11.5 Å². The van der Waals surface area contributed by atoms with Gasteiger partial charge in [0.1, 0.15) is 12.4 Å². The van der Waals surface area contributed by atoms with Crippen LogP contribution in [0.25, 0.3) is 6.08 Å². The van der Waals surface area contributed by atoms with E-state index < -0.39 is 4.92 Å². The van der Waals surface area contributed by atoms with E-state index in [9.17, 15) is 14.9 Å². The van der Waals surface area contributed by atoms with Crippen LogP contribution in [0, 0.1) is 17.0 Å². The van der Waals surface area contributed by atoms with E-state index in [4.69, 9.17) is 9.47 Å². The van der Waals surface area contributed by atoms with Gasteiger partial charge in [-0.25, -0.2) is 0 Å². The van der Waals surface area contributed by atoms with Crippen LogP contribution in [0.2, 0.25) is 0 Å². The third-order valence-electron chi connectivity index (χ3n) is 4.67. The summed E-state index contributed by atoms with van der Waals surface area (Å²) in [5.74, 6) is 0.628. The number of ether oxygens (including phenoxy) is 2. The molecule has 3 rings (SSSR count). The van der Waals surface area contributed by atoms with E-state index in [1.165, 1.54) is 18.3 Å². The number of benzene rings is 2. The maximum Gasteiger partial charge on any atom is 0.310 e. The van der Waals surface area contributed by atoms with E-state index in [0.717, 1.165) is 11.1 Å². The summed E-state index contributed by atoms with van der Waals surface area (Å²) in [6.45, 7) is 4.55. The molecular formula is C23H23N3O5. The van der Waals surface area contributed by atoms with Gasteiger partial charge in [-0.3, -0.25) is 19.6 Å². The average Bonchev–Trinajstić information content (AvgIpc) is 3.25. The van der Waals surface area contributed by atoms with Crippen molar-refractivity contribution >= 4 is 17.5 Å². The van der Waals surface area contributed by atoms with Gasteiger partial charge >= 0.3 is 5.69 Å². The van der Waals surface area contributed by atoms with Crippen LogP contribution in [0.4, 0.5) is 5.69 Å². The lowest BCUT2D eigenvalue weighted by molar-refractivity contribution is -0.386. The predicted molar refractivity (Wildman–Crippen MR) is 116 cm³/mol.